The minimum absolute atomic E-state index is 0.203. The van der Waals surface area contributed by atoms with Crippen molar-refractivity contribution in [3.8, 4) is 0 Å². The number of aromatic nitrogens is 3. The van der Waals surface area contributed by atoms with Gasteiger partial charge in [0, 0.05) is 43.1 Å². The molecule has 0 radical (unpaired) electrons. The molecule has 0 saturated carbocycles. The van der Waals surface area contributed by atoms with Gasteiger partial charge in [-0.25, -0.2) is 4.79 Å². The van der Waals surface area contributed by atoms with Crippen LogP contribution in [0.4, 0.5) is 10.5 Å². The van der Waals surface area contributed by atoms with Crippen molar-refractivity contribution in [2.24, 2.45) is 0 Å². The van der Waals surface area contributed by atoms with Crippen LogP contribution < -0.4 is 10.6 Å². The first-order chi connectivity index (χ1) is 9.24. The Morgan fingerprint density at radius 2 is 2.32 bits per heavy atom. The van der Waals surface area contributed by atoms with Gasteiger partial charge in [0.15, 0.2) is 0 Å². The topological polar surface area (TPSA) is 71.8 Å². The smallest absolute Gasteiger partial charge is 0.319 e. The first-order valence-corrected chi connectivity index (χ1v) is 6.19. The molecule has 0 aromatic carbocycles. The number of carbonyl (C=O) groups is 1. The zero-order valence-electron chi connectivity index (χ0n) is 10.8. The molecule has 2 rings (SSSR count). The molecule has 2 aromatic rings. The van der Waals surface area contributed by atoms with E-state index in [2.05, 4.69) is 20.7 Å². The Labute approximate surface area is 111 Å². The summed E-state index contributed by atoms with van der Waals surface area (Å²) in [6.07, 6.45) is 6.15. The summed E-state index contributed by atoms with van der Waals surface area (Å²) in [6, 6.07) is 5.26. The molecule has 0 bridgehead atoms. The lowest BCUT2D eigenvalue weighted by Crippen LogP contribution is -2.30. The van der Waals surface area contributed by atoms with Gasteiger partial charge >= 0.3 is 6.03 Å². The Kier molecular flexibility index (Phi) is 4.49. The van der Waals surface area contributed by atoms with E-state index in [9.17, 15) is 4.79 Å². The van der Waals surface area contributed by atoms with E-state index in [1.165, 1.54) is 0 Å². The van der Waals surface area contributed by atoms with E-state index >= 15 is 0 Å². The number of rotatable bonds is 5. The molecular weight excluding hydrogens is 242 g/mol. The summed E-state index contributed by atoms with van der Waals surface area (Å²) in [4.78, 5) is 15.7. The molecule has 19 heavy (non-hydrogen) atoms. The molecule has 0 atom stereocenters. The first-order valence-electron chi connectivity index (χ1n) is 6.19. The second-order valence-electron chi connectivity index (χ2n) is 4.19. The minimum Gasteiger partial charge on any atom is -0.338 e. The fourth-order valence-electron chi connectivity index (χ4n) is 1.67. The van der Waals surface area contributed by atoms with Crippen LogP contribution in [0.25, 0.3) is 0 Å². The maximum Gasteiger partial charge on any atom is 0.319 e. The van der Waals surface area contributed by atoms with Crippen LogP contribution in [0.1, 0.15) is 12.1 Å². The van der Waals surface area contributed by atoms with Crippen LogP contribution in [-0.2, 0) is 6.54 Å². The second-order valence-corrected chi connectivity index (χ2v) is 4.19. The summed E-state index contributed by atoms with van der Waals surface area (Å²) < 4.78 is 1.84. The molecule has 2 amide bonds. The van der Waals surface area contributed by atoms with E-state index in [1.807, 2.05) is 29.9 Å². The molecule has 0 aliphatic rings. The maximum absolute atomic E-state index is 11.6. The summed E-state index contributed by atoms with van der Waals surface area (Å²) in [5.41, 5.74) is 1.62. The highest BCUT2D eigenvalue weighted by Crippen LogP contribution is 2.06. The Morgan fingerprint density at radius 3 is 3.05 bits per heavy atom. The van der Waals surface area contributed by atoms with E-state index in [-0.39, 0.29) is 6.03 Å². The zero-order chi connectivity index (χ0) is 13.5. The van der Waals surface area contributed by atoms with Crippen LogP contribution in [-0.4, -0.2) is 27.3 Å². The molecule has 0 saturated heterocycles. The summed E-state index contributed by atoms with van der Waals surface area (Å²) in [5, 5.41) is 9.66. The van der Waals surface area contributed by atoms with Gasteiger partial charge in [0.2, 0.25) is 0 Å². The van der Waals surface area contributed by atoms with Gasteiger partial charge in [0.25, 0.3) is 0 Å². The third kappa shape index (κ3) is 4.42. The molecule has 6 nitrogen and oxygen atoms in total. The van der Waals surface area contributed by atoms with Gasteiger partial charge in [-0.15, -0.1) is 0 Å². The largest absolute Gasteiger partial charge is 0.338 e. The maximum atomic E-state index is 11.6. The van der Waals surface area contributed by atoms with E-state index in [4.69, 9.17) is 0 Å². The van der Waals surface area contributed by atoms with E-state index in [1.54, 1.807) is 18.5 Å². The monoisotopic (exact) mass is 259 g/mol. The van der Waals surface area contributed by atoms with Crippen molar-refractivity contribution >= 4 is 11.7 Å². The van der Waals surface area contributed by atoms with Crippen LogP contribution in [0.3, 0.4) is 0 Å². The highest BCUT2D eigenvalue weighted by Gasteiger charge is 2.01. The van der Waals surface area contributed by atoms with E-state index in [0.717, 1.165) is 24.3 Å². The summed E-state index contributed by atoms with van der Waals surface area (Å²) in [5.74, 6) is 0. The number of urea groups is 1. The van der Waals surface area contributed by atoms with Gasteiger partial charge in [-0.05, 0) is 31.5 Å². The number of hydrogen-bond acceptors (Lipinski definition) is 3. The molecule has 0 aliphatic carbocycles. The van der Waals surface area contributed by atoms with Crippen molar-refractivity contribution in [2.75, 3.05) is 11.9 Å². The van der Waals surface area contributed by atoms with Gasteiger partial charge in [-0.3, -0.25) is 9.67 Å². The van der Waals surface area contributed by atoms with Crippen LogP contribution >= 0.6 is 0 Å². The third-order valence-corrected chi connectivity index (χ3v) is 2.56. The lowest BCUT2D eigenvalue weighted by Gasteiger charge is -2.08. The average molecular weight is 259 g/mol. The number of aryl methyl sites for hydroxylation is 2. The Bertz CT molecular complexity index is 524. The molecule has 0 fully saturated rings. The van der Waals surface area contributed by atoms with E-state index in [0.29, 0.717) is 6.54 Å². The number of pyridine rings is 1. The lowest BCUT2D eigenvalue weighted by atomic mass is 10.3. The number of nitrogens with one attached hydrogen (secondary N) is 2. The van der Waals surface area contributed by atoms with Gasteiger partial charge in [0.1, 0.15) is 0 Å². The predicted molar refractivity (Wildman–Crippen MR) is 72.8 cm³/mol. The number of anilines is 1. The zero-order valence-corrected chi connectivity index (χ0v) is 10.8. The summed E-state index contributed by atoms with van der Waals surface area (Å²) >= 11 is 0. The molecule has 0 aliphatic heterocycles. The number of amides is 2. The average Bonchev–Trinajstić information content (AvgIpc) is 2.88. The number of hydrogen-bond donors (Lipinski definition) is 2. The molecule has 100 valence electrons. The van der Waals surface area contributed by atoms with Crippen LogP contribution in [0, 0.1) is 6.92 Å². The van der Waals surface area contributed by atoms with Crippen molar-refractivity contribution in [2.45, 2.75) is 19.9 Å². The molecule has 6 heteroatoms. The minimum atomic E-state index is -0.203. The first kappa shape index (κ1) is 13.1. The van der Waals surface area contributed by atoms with Crippen LogP contribution in [0.15, 0.2) is 36.8 Å². The fourth-order valence-corrected chi connectivity index (χ4v) is 1.67. The highest BCUT2D eigenvalue weighted by atomic mass is 16.2. The summed E-state index contributed by atoms with van der Waals surface area (Å²) in [6.45, 7) is 3.28. The molecule has 0 spiro atoms. The summed E-state index contributed by atoms with van der Waals surface area (Å²) in [7, 11) is 0. The standard InChI is InChI=1S/C13H17N5O/c1-11-10-12(4-7-14-11)17-13(19)15-5-2-8-18-9-3-6-16-18/h3-4,6-7,9-10H,2,5,8H2,1H3,(H2,14,15,17,19). The fraction of sp³-hybridized carbons (Fsp3) is 0.308. The van der Waals surface area contributed by atoms with Crippen molar-refractivity contribution in [1.82, 2.24) is 20.1 Å². The third-order valence-electron chi connectivity index (χ3n) is 2.56. The van der Waals surface area contributed by atoms with E-state index < -0.39 is 0 Å². The SMILES string of the molecule is Cc1cc(NC(=O)NCCCn2cccn2)ccn1. The molecule has 2 N–H and O–H groups in total. The number of carbonyl (C=O) groups excluding carboxylic acids is 1. The quantitative estimate of drug-likeness (QED) is 0.804. The van der Waals surface area contributed by atoms with Gasteiger partial charge in [-0.1, -0.05) is 0 Å². The number of nitrogens with zero attached hydrogens (tertiary/aromatic N) is 3. The Hall–Kier alpha value is -2.37. The van der Waals surface area contributed by atoms with Crippen LogP contribution in [0.2, 0.25) is 0 Å². The molecule has 2 aromatic heterocycles. The van der Waals surface area contributed by atoms with Crippen molar-refractivity contribution in [3.05, 3.63) is 42.5 Å². The molecule has 0 unspecified atom stereocenters. The van der Waals surface area contributed by atoms with Crippen molar-refractivity contribution < 1.29 is 4.79 Å². The molecular formula is C13H17N5O. The highest BCUT2D eigenvalue weighted by molar-refractivity contribution is 5.89. The normalized spacial score (nSPS) is 10.2. The van der Waals surface area contributed by atoms with Gasteiger partial charge in [-0.2, -0.15) is 5.10 Å². The molecule has 2 heterocycles. The van der Waals surface area contributed by atoms with Crippen molar-refractivity contribution in [1.29, 1.82) is 0 Å². The van der Waals surface area contributed by atoms with Gasteiger partial charge in [0.05, 0.1) is 0 Å². The van der Waals surface area contributed by atoms with Gasteiger partial charge < -0.3 is 10.6 Å². The van der Waals surface area contributed by atoms with Crippen LogP contribution in [0.5, 0.6) is 0 Å². The predicted octanol–water partition coefficient (Wildman–Crippen LogP) is 1.80. The Morgan fingerprint density at radius 1 is 1.42 bits per heavy atom. The lowest BCUT2D eigenvalue weighted by molar-refractivity contribution is 0.251. The van der Waals surface area contributed by atoms with Crippen molar-refractivity contribution in [3.63, 3.8) is 0 Å². The Balaban J connectivity index is 1.67. The second kappa shape index (κ2) is 6.53.